The highest BCUT2D eigenvalue weighted by atomic mass is 19.1. The highest BCUT2D eigenvalue weighted by molar-refractivity contribution is 5.99. The summed E-state index contributed by atoms with van der Waals surface area (Å²) in [5.74, 6) is -2.71. The lowest BCUT2D eigenvalue weighted by molar-refractivity contribution is -0.117. The van der Waals surface area contributed by atoms with Gasteiger partial charge in [0.25, 0.3) is 5.91 Å². The van der Waals surface area contributed by atoms with Crippen molar-refractivity contribution in [1.29, 1.82) is 0 Å². The fourth-order valence-corrected chi connectivity index (χ4v) is 2.62. The third-order valence-corrected chi connectivity index (χ3v) is 3.70. The number of benzene rings is 1. The minimum absolute atomic E-state index is 0.0500. The first-order valence-corrected chi connectivity index (χ1v) is 7.19. The first kappa shape index (κ1) is 15.9. The number of amides is 2. The number of carbonyl (C=O) groups excluding carboxylic acids is 2. The van der Waals surface area contributed by atoms with Crippen LogP contribution in [-0.4, -0.2) is 29.4 Å². The molecule has 2 amide bonds. The van der Waals surface area contributed by atoms with Crippen molar-refractivity contribution in [3.8, 4) is 0 Å². The van der Waals surface area contributed by atoms with Gasteiger partial charge in [0, 0.05) is 30.8 Å². The lowest BCUT2D eigenvalue weighted by Crippen LogP contribution is -2.37. The van der Waals surface area contributed by atoms with Gasteiger partial charge in [0.2, 0.25) is 11.5 Å². The van der Waals surface area contributed by atoms with Crippen molar-refractivity contribution in [2.75, 3.05) is 11.4 Å². The highest BCUT2D eigenvalue weighted by Gasteiger charge is 2.34. The lowest BCUT2D eigenvalue weighted by atomic mass is 10.2. The smallest absolute Gasteiger partial charge is 0.251 e. The molecule has 6 nitrogen and oxygen atoms in total. The normalized spacial score (nSPS) is 17.2. The van der Waals surface area contributed by atoms with Crippen molar-refractivity contribution in [2.45, 2.75) is 12.5 Å². The number of nitrogens with one attached hydrogen (secondary N) is 2. The van der Waals surface area contributed by atoms with E-state index in [0.717, 1.165) is 23.1 Å². The Morgan fingerprint density at radius 1 is 1.21 bits per heavy atom. The number of hydrogen-bond donors (Lipinski definition) is 2. The molecule has 1 unspecified atom stereocenters. The van der Waals surface area contributed by atoms with Gasteiger partial charge < -0.3 is 15.2 Å². The molecular weight excluding hydrogens is 320 g/mol. The van der Waals surface area contributed by atoms with Crippen LogP contribution in [0.2, 0.25) is 0 Å². The minimum Gasteiger partial charge on any atom is -0.347 e. The number of halogens is 2. The van der Waals surface area contributed by atoms with Crippen molar-refractivity contribution in [3.63, 3.8) is 0 Å². The average molecular weight is 333 g/mol. The molecule has 2 aromatic rings. The Bertz CT molecular complexity index is 845. The van der Waals surface area contributed by atoms with E-state index in [1.807, 2.05) is 0 Å². The summed E-state index contributed by atoms with van der Waals surface area (Å²) in [6.45, 7) is -0.0500. The Morgan fingerprint density at radius 3 is 2.58 bits per heavy atom. The zero-order valence-electron chi connectivity index (χ0n) is 12.4. The van der Waals surface area contributed by atoms with Gasteiger partial charge in [-0.25, -0.2) is 8.78 Å². The van der Waals surface area contributed by atoms with Crippen molar-refractivity contribution in [3.05, 3.63) is 64.1 Å². The lowest BCUT2D eigenvalue weighted by Gasteiger charge is -2.18. The van der Waals surface area contributed by atoms with Crippen molar-refractivity contribution in [2.24, 2.45) is 0 Å². The SMILES string of the molecule is O=C(NC1CC(=O)N(c2c(F)cccc2F)C1)c1cc[nH]c(=O)c1. The molecular formula is C16H13F2N3O3. The summed E-state index contributed by atoms with van der Waals surface area (Å²) < 4.78 is 27.6. The van der Waals surface area contributed by atoms with Crippen LogP contribution in [0, 0.1) is 11.6 Å². The molecule has 1 saturated heterocycles. The van der Waals surface area contributed by atoms with Gasteiger partial charge in [-0.05, 0) is 18.2 Å². The molecule has 2 N–H and O–H groups in total. The summed E-state index contributed by atoms with van der Waals surface area (Å²) in [5.41, 5.74) is -0.711. The molecule has 1 aliphatic rings. The maximum Gasteiger partial charge on any atom is 0.251 e. The van der Waals surface area contributed by atoms with Gasteiger partial charge in [-0.3, -0.25) is 14.4 Å². The molecule has 0 spiro atoms. The third kappa shape index (κ3) is 3.03. The second kappa shape index (κ2) is 6.23. The third-order valence-electron chi connectivity index (χ3n) is 3.70. The highest BCUT2D eigenvalue weighted by Crippen LogP contribution is 2.27. The molecule has 1 fully saturated rings. The minimum atomic E-state index is -0.843. The van der Waals surface area contributed by atoms with Crippen LogP contribution in [0.1, 0.15) is 16.8 Å². The predicted octanol–water partition coefficient (Wildman–Crippen LogP) is 1.19. The van der Waals surface area contributed by atoms with Gasteiger partial charge in [0.15, 0.2) is 0 Å². The van der Waals surface area contributed by atoms with Crippen molar-refractivity contribution in [1.82, 2.24) is 10.3 Å². The van der Waals surface area contributed by atoms with Gasteiger partial charge >= 0.3 is 0 Å². The van der Waals surface area contributed by atoms with E-state index in [-0.39, 0.29) is 18.5 Å². The Hall–Kier alpha value is -3.03. The summed E-state index contributed by atoms with van der Waals surface area (Å²) in [5, 5.41) is 2.59. The van der Waals surface area contributed by atoms with E-state index in [1.165, 1.54) is 18.3 Å². The van der Waals surface area contributed by atoms with Crippen LogP contribution >= 0.6 is 0 Å². The molecule has 0 bridgehead atoms. The predicted molar refractivity (Wildman–Crippen MR) is 81.6 cm³/mol. The van der Waals surface area contributed by atoms with Gasteiger partial charge in [-0.2, -0.15) is 0 Å². The molecule has 1 aliphatic heterocycles. The number of aromatic nitrogens is 1. The van der Waals surface area contributed by atoms with Crippen LogP contribution in [0.15, 0.2) is 41.3 Å². The van der Waals surface area contributed by atoms with Crippen LogP contribution in [-0.2, 0) is 4.79 Å². The van der Waals surface area contributed by atoms with Gasteiger partial charge in [0.1, 0.15) is 17.3 Å². The molecule has 0 saturated carbocycles. The van der Waals surface area contributed by atoms with Crippen LogP contribution in [0.5, 0.6) is 0 Å². The van der Waals surface area contributed by atoms with E-state index in [1.54, 1.807) is 0 Å². The van der Waals surface area contributed by atoms with Crippen molar-refractivity contribution < 1.29 is 18.4 Å². The molecule has 0 radical (unpaired) electrons. The topological polar surface area (TPSA) is 82.3 Å². The number of carbonyl (C=O) groups is 2. The van der Waals surface area contributed by atoms with Crippen LogP contribution in [0.25, 0.3) is 0 Å². The number of hydrogen-bond acceptors (Lipinski definition) is 3. The molecule has 8 heteroatoms. The van der Waals surface area contributed by atoms with E-state index in [2.05, 4.69) is 10.3 Å². The summed E-state index contributed by atoms with van der Waals surface area (Å²) in [7, 11) is 0. The zero-order chi connectivity index (χ0) is 17.3. The summed E-state index contributed by atoms with van der Waals surface area (Å²) in [4.78, 5) is 38.7. The quantitative estimate of drug-likeness (QED) is 0.885. The molecule has 124 valence electrons. The summed E-state index contributed by atoms with van der Waals surface area (Å²) >= 11 is 0. The first-order valence-electron chi connectivity index (χ1n) is 7.19. The first-order chi connectivity index (χ1) is 11.5. The van der Waals surface area contributed by atoms with E-state index >= 15 is 0 Å². The number of anilines is 1. The van der Waals surface area contributed by atoms with E-state index in [0.29, 0.717) is 0 Å². The van der Waals surface area contributed by atoms with Crippen molar-refractivity contribution >= 4 is 17.5 Å². The Morgan fingerprint density at radius 2 is 1.92 bits per heavy atom. The molecule has 24 heavy (non-hydrogen) atoms. The van der Waals surface area contributed by atoms with Gasteiger partial charge in [0.05, 0.1) is 6.04 Å². The van der Waals surface area contributed by atoms with Gasteiger partial charge in [-0.1, -0.05) is 6.07 Å². The number of nitrogens with zero attached hydrogens (tertiary/aromatic N) is 1. The fraction of sp³-hybridized carbons (Fsp3) is 0.188. The Kier molecular flexibility index (Phi) is 4.11. The van der Waals surface area contributed by atoms with E-state index in [4.69, 9.17) is 0 Å². The standard InChI is InChI=1S/C16H13F2N3O3/c17-11-2-1-3-12(18)15(11)21-8-10(7-14(21)23)20-16(24)9-4-5-19-13(22)6-9/h1-6,10H,7-8H2,(H,19,22)(H,20,24). The largest absolute Gasteiger partial charge is 0.347 e. The summed E-state index contributed by atoms with van der Waals surface area (Å²) in [6, 6.07) is 5.27. The Balaban J connectivity index is 1.76. The van der Waals surface area contributed by atoms with E-state index < -0.39 is 40.7 Å². The van der Waals surface area contributed by atoms with Crippen LogP contribution in [0.3, 0.4) is 0 Å². The molecule has 1 aromatic carbocycles. The maximum atomic E-state index is 13.8. The molecule has 0 aliphatic carbocycles. The average Bonchev–Trinajstić information content (AvgIpc) is 2.87. The van der Waals surface area contributed by atoms with E-state index in [9.17, 15) is 23.2 Å². The number of H-pyrrole nitrogens is 1. The second-order valence-corrected chi connectivity index (χ2v) is 5.39. The number of aromatic amines is 1. The molecule has 1 aromatic heterocycles. The number of rotatable bonds is 3. The zero-order valence-corrected chi connectivity index (χ0v) is 12.4. The molecule has 3 rings (SSSR count). The number of para-hydroxylation sites is 1. The number of pyridine rings is 1. The maximum absolute atomic E-state index is 13.8. The monoisotopic (exact) mass is 333 g/mol. The molecule has 2 heterocycles. The summed E-state index contributed by atoms with van der Waals surface area (Å²) in [6.07, 6.45) is 1.25. The van der Waals surface area contributed by atoms with Crippen LogP contribution in [0.4, 0.5) is 14.5 Å². The van der Waals surface area contributed by atoms with Gasteiger partial charge in [-0.15, -0.1) is 0 Å². The van der Waals surface area contributed by atoms with Crippen LogP contribution < -0.4 is 15.8 Å². The Labute approximate surface area is 135 Å². The fourth-order valence-electron chi connectivity index (χ4n) is 2.62. The molecule has 1 atom stereocenters. The second-order valence-electron chi connectivity index (χ2n) is 5.39.